The monoisotopic (exact) mass is 236 g/mol. The predicted molar refractivity (Wildman–Crippen MR) is 63.6 cm³/mol. The number of nitrogens with zero attached hydrogens (tertiary/aromatic N) is 2. The maximum absolute atomic E-state index is 9.09. The highest BCUT2D eigenvalue weighted by molar-refractivity contribution is 5.14. The Kier molecular flexibility index (Phi) is 3.16. The molecule has 0 unspecified atom stereocenters. The van der Waals surface area contributed by atoms with Gasteiger partial charge < -0.3 is 9.63 Å². The molecule has 1 aliphatic carbocycles. The average Bonchev–Trinajstić information content (AvgIpc) is 3.12. The highest BCUT2D eigenvalue weighted by Gasteiger charge is 2.28. The highest BCUT2D eigenvalue weighted by Crippen LogP contribution is 2.40. The van der Waals surface area contributed by atoms with Gasteiger partial charge in [0.2, 0.25) is 0 Å². The van der Waals surface area contributed by atoms with E-state index >= 15 is 0 Å². The summed E-state index contributed by atoms with van der Waals surface area (Å²) >= 11 is 0. The number of aliphatic hydroxyl groups excluding tert-OH is 1. The van der Waals surface area contributed by atoms with E-state index in [-0.39, 0.29) is 0 Å². The summed E-state index contributed by atoms with van der Waals surface area (Å²) in [6.07, 6.45) is 4.72. The Labute approximate surface area is 102 Å². The average molecular weight is 236 g/mol. The molecule has 17 heavy (non-hydrogen) atoms. The van der Waals surface area contributed by atoms with Crippen molar-refractivity contribution in [1.29, 1.82) is 0 Å². The van der Waals surface area contributed by atoms with Crippen LogP contribution in [0.3, 0.4) is 0 Å². The van der Waals surface area contributed by atoms with Crippen LogP contribution in [0, 0.1) is 5.92 Å². The van der Waals surface area contributed by atoms with Crippen molar-refractivity contribution in [2.45, 2.75) is 38.1 Å². The van der Waals surface area contributed by atoms with Crippen LogP contribution in [0.1, 0.15) is 43.1 Å². The maximum atomic E-state index is 9.09. The minimum Gasteiger partial charge on any atom is -0.396 e. The van der Waals surface area contributed by atoms with Gasteiger partial charge in [-0.2, -0.15) is 0 Å². The summed E-state index contributed by atoms with van der Waals surface area (Å²) in [5.74, 6) is 2.23. The molecule has 2 fully saturated rings. The summed E-state index contributed by atoms with van der Waals surface area (Å²) in [5, 5.41) is 13.2. The topological polar surface area (TPSA) is 49.5 Å². The first-order chi connectivity index (χ1) is 8.35. The van der Waals surface area contributed by atoms with Crippen LogP contribution in [0.15, 0.2) is 10.6 Å². The highest BCUT2D eigenvalue weighted by atomic mass is 16.5. The lowest BCUT2D eigenvalue weighted by molar-refractivity contribution is 0.125. The van der Waals surface area contributed by atoms with Gasteiger partial charge in [-0.1, -0.05) is 5.16 Å². The van der Waals surface area contributed by atoms with Crippen molar-refractivity contribution in [1.82, 2.24) is 10.1 Å². The van der Waals surface area contributed by atoms with Gasteiger partial charge in [0.1, 0.15) is 5.76 Å². The molecule has 0 atom stereocenters. The van der Waals surface area contributed by atoms with Crippen LogP contribution in [0.4, 0.5) is 0 Å². The standard InChI is InChI=1S/C13H20N2O2/c16-9-10-3-5-15(6-4-10)8-12-7-13(17-14-12)11-1-2-11/h7,10-11,16H,1-6,8-9H2. The van der Waals surface area contributed by atoms with Crippen molar-refractivity contribution in [3.05, 3.63) is 17.5 Å². The van der Waals surface area contributed by atoms with E-state index in [2.05, 4.69) is 16.1 Å². The Morgan fingerprint density at radius 2 is 2.06 bits per heavy atom. The largest absolute Gasteiger partial charge is 0.396 e. The van der Waals surface area contributed by atoms with Crippen molar-refractivity contribution in [3.63, 3.8) is 0 Å². The van der Waals surface area contributed by atoms with Crippen molar-refractivity contribution in [2.75, 3.05) is 19.7 Å². The van der Waals surface area contributed by atoms with Crippen LogP contribution >= 0.6 is 0 Å². The van der Waals surface area contributed by atoms with Gasteiger partial charge in [-0.25, -0.2) is 0 Å². The molecule has 1 N–H and O–H groups in total. The summed E-state index contributed by atoms with van der Waals surface area (Å²) in [6, 6.07) is 2.12. The van der Waals surface area contributed by atoms with E-state index in [9.17, 15) is 0 Å². The van der Waals surface area contributed by atoms with Crippen molar-refractivity contribution >= 4 is 0 Å². The Balaban J connectivity index is 1.52. The minimum atomic E-state index is 0.337. The van der Waals surface area contributed by atoms with Crippen LogP contribution in [-0.4, -0.2) is 34.9 Å². The third-order valence-electron chi connectivity index (χ3n) is 3.91. The zero-order chi connectivity index (χ0) is 11.7. The number of likely N-dealkylation sites (tertiary alicyclic amines) is 1. The molecule has 2 heterocycles. The second kappa shape index (κ2) is 4.78. The van der Waals surface area contributed by atoms with Crippen molar-refractivity contribution < 1.29 is 9.63 Å². The quantitative estimate of drug-likeness (QED) is 0.865. The molecule has 0 radical (unpaired) electrons. The van der Waals surface area contributed by atoms with Gasteiger partial charge in [0.25, 0.3) is 0 Å². The molecule has 1 saturated carbocycles. The fraction of sp³-hybridized carbons (Fsp3) is 0.769. The molecule has 1 aliphatic heterocycles. The second-order valence-electron chi connectivity index (χ2n) is 5.40. The summed E-state index contributed by atoms with van der Waals surface area (Å²) in [6.45, 7) is 3.37. The molecule has 4 heteroatoms. The summed E-state index contributed by atoms with van der Waals surface area (Å²) in [7, 11) is 0. The van der Waals surface area contributed by atoms with Gasteiger partial charge in [-0.05, 0) is 44.7 Å². The Hall–Kier alpha value is -0.870. The van der Waals surface area contributed by atoms with E-state index in [1.54, 1.807) is 0 Å². The normalized spacial score (nSPS) is 23.1. The van der Waals surface area contributed by atoms with E-state index in [4.69, 9.17) is 9.63 Å². The molecule has 0 spiro atoms. The Morgan fingerprint density at radius 1 is 1.29 bits per heavy atom. The lowest BCUT2D eigenvalue weighted by Gasteiger charge is -2.30. The first-order valence-corrected chi connectivity index (χ1v) is 6.64. The number of hydrogen-bond donors (Lipinski definition) is 1. The molecular weight excluding hydrogens is 216 g/mol. The Bertz CT molecular complexity index is 365. The van der Waals surface area contributed by atoms with Crippen molar-refractivity contribution in [2.24, 2.45) is 5.92 Å². The number of aromatic nitrogens is 1. The van der Waals surface area contributed by atoms with Crippen LogP contribution in [0.5, 0.6) is 0 Å². The maximum Gasteiger partial charge on any atom is 0.140 e. The lowest BCUT2D eigenvalue weighted by atomic mass is 9.98. The molecule has 0 bridgehead atoms. The zero-order valence-corrected chi connectivity index (χ0v) is 10.1. The zero-order valence-electron chi connectivity index (χ0n) is 10.1. The van der Waals surface area contributed by atoms with Crippen LogP contribution in [0.2, 0.25) is 0 Å². The van der Waals surface area contributed by atoms with E-state index in [0.717, 1.165) is 43.9 Å². The summed E-state index contributed by atoms with van der Waals surface area (Å²) in [4.78, 5) is 2.40. The molecular formula is C13H20N2O2. The van der Waals surface area contributed by atoms with E-state index in [1.807, 2.05) is 0 Å². The number of piperidine rings is 1. The van der Waals surface area contributed by atoms with Crippen LogP contribution in [0.25, 0.3) is 0 Å². The van der Waals surface area contributed by atoms with Gasteiger partial charge in [-0.15, -0.1) is 0 Å². The first kappa shape index (κ1) is 11.2. The van der Waals surface area contributed by atoms with E-state index in [1.165, 1.54) is 12.8 Å². The van der Waals surface area contributed by atoms with Gasteiger partial charge in [-0.3, -0.25) is 4.90 Å². The molecule has 0 aromatic carbocycles. The fourth-order valence-corrected chi connectivity index (χ4v) is 2.52. The van der Waals surface area contributed by atoms with Crippen molar-refractivity contribution in [3.8, 4) is 0 Å². The molecule has 3 rings (SSSR count). The first-order valence-electron chi connectivity index (χ1n) is 6.64. The number of rotatable bonds is 4. The third-order valence-corrected chi connectivity index (χ3v) is 3.91. The molecule has 2 aliphatic rings. The fourth-order valence-electron chi connectivity index (χ4n) is 2.52. The van der Waals surface area contributed by atoms with E-state index < -0.39 is 0 Å². The third kappa shape index (κ3) is 2.69. The van der Waals surface area contributed by atoms with Crippen LogP contribution in [-0.2, 0) is 6.54 Å². The van der Waals surface area contributed by atoms with Gasteiger partial charge in [0.15, 0.2) is 0 Å². The lowest BCUT2D eigenvalue weighted by Crippen LogP contribution is -2.34. The van der Waals surface area contributed by atoms with E-state index in [0.29, 0.717) is 18.4 Å². The Morgan fingerprint density at radius 3 is 2.71 bits per heavy atom. The molecule has 1 aromatic rings. The molecule has 0 amide bonds. The summed E-state index contributed by atoms with van der Waals surface area (Å²) in [5.41, 5.74) is 1.06. The van der Waals surface area contributed by atoms with Gasteiger partial charge >= 0.3 is 0 Å². The minimum absolute atomic E-state index is 0.337. The van der Waals surface area contributed by atoms with Gasteiger partial charge in [0.05, 0.1) is 5.69 Å². The predicted octanol–water partition coefficient (Wildman–Crippen LogP) is 1.76. The molecule has 4 nitrogen and oxygen atoms in total. The summed E-state index contributed by atoms with van der Waals surface area (Å²) < 4.78 is 5.36. The number of aliphatic hydroxyl groups is 1. The van der Waals surface area contributed by atoms with Crippen LogP contribution < -0.4 is 0 Å². The molecule has 1 aromatic heterocycles. The number of hydrogen-bond acceptors (Lipinski definition) is 4. The van der Waals surface area contributed by atoms with Gasteiger partial charge in [0, 0.05) is 25.1 Å². The SMILES string of the molecule is OCC1CCN(Cc2cc(C3CC3)on2)CC1. The smallest absolute Gasteiger partial charge is 0.140 e. The second-order valence-corrected chi connectivity index (χ2v) is 5.40. The molecule has 1 saturated heterocycles. The molecule has 94 valence electrons.